The standard InChI is InChI=1S/C19H17F3N4O3S2/c1-11-23-9-15(30-11)10-25-18(27)16-7-4-13(8-24-16)17(26-31(28)29)12-2-5-14(6-3-12)19(20,21)22/h2-9,17,31H,10H2,1H3,(H,25,27)(H,26,28,29). The molecule has 0 saturated carbocycles. The number of nitrogens with zero attached hydrogens (tertiary/aromatic N) is 2. The maximum atomic E-state index is 12.8. The summed E-state index contributed by atoms with van der Waals surface area (Å²) in [4.78, 5) is 21.3. The molecule has 3 rings (SSSR count). The van der Waals surface area contributed by atoms with Gasteiger partial charge in [-0.1, -0.05) is 18.2 Å². The molecule has 0 bridgehead atoms. The van der Waals surface area contributed by atoms with Crippen molar-refractivity contribution in [3.8, 4) is 0 Å². The number of carbonyl (C=O) groups excluding carboxylic acids is 1. The molecule has 1 unspecified atom stereocenters. The summed E-state index contributed by atoms with van der Waals surface area (Å²) in [5.74, 6) is -0.424. The molecule has 31 heavy (non-hydrogen) atoms. The van der Waals surface area contributed by atoms with Gasteiger partial charge in [0.2, 0.25) is 10.9 Å². The predicted molar refractivity (Wildman–Crippen MR) is 109 cm³/mol. The van der Waals surface area contributed by atoms with Gasteiger partial charge in [-0.15, -0.1) is 11.3 Å². The van der Waals surface area contributed by atoms with Crippen molar-refractivity contribution in [3.05, 3.63) is 81.1 Å². The number of rotatable bonds is 7. The Bertz CT molecular complexity index is 1120. The van der Waals surface area contributed by atoms with E-state index in [-0.39, 0.29) is 5.69 Å². The zero-order chi connectivity index (χ0) is 22.6. The first-order chi connectivity index (χ1) is 14.6. The van der Waals surface area contributed by atoms with Crippen LogP contribution in [0, 0.1) is 6.92 Å². The maximum absolute atomic E-state index is 12.8. The Morgan fingerprint density at radius 2 is 1.74 bits per heavy atom. The van der Waals surface area contributed by atoms with E-state index < -0.39 is 34.6 Å². The summed E-state index contributed by atoms with van der Waals surface area (Å²) in [7, 11) is -3.05. The van der Waals surface area contributed by atoms with Crippen LogP contribution in [-0.4, -0.2) is 24.3 Å². The van der Waals surface area contributed by atoms with E-state index in [1.165, 1.54) is 41.8 Å². The van der Waals surface area contributed by atoms with E-state index in [1.807, 2.05) is 6.92 Å². The minimum absolute atomic E-state index is 0.114. The number of carbonyl (C=O) groups is 1. The first-order valence-corrected chi connectivity index (χ1v) is 10.9. The van der Waals surface area contributed by atoms with Crippen molar-refractivity contribution in [2.24, 2.45) is 0 Å². The number of thiol groups is 1. The fourth-order valence-corrected chi connectivity index (χ4v) is 4.01. The molecule has 0 aliphatic rings. The Hall–Kier alpha value is -2.83. The second-order valence-corrected chi connectivity index (χ2v) is 8.54. The Morgan fingerprint density at radius 1 is 1.06 bits per heavy atom. The molecule has 0 fully saturated rings. The highest BCUT2D eigenvalue weighted by molar-refractivity contribution is 7.70. The van der Waals surface area contributed by atoms with E-state index in [0.29, 0.717) is 17.7 Å². The van der Waals surface area contributed by atoms with Crippen LogP contribution < -0.4 is 10.0 Å². The SMILES string of the molecule is Cc1ncc(CNC(=O)c2ccc(C(N[SH](=O)=O)c3ccc(C(F)(F)F)cc3)cn2)s1. The molecule has 1 atom stereocenters. The normalized spacial score (nSPS) is 12.7. The fourth-order valence-electron chi connectivity index (χ4n) is 2.77. The van der Waals surface area contributed by atoms with Crippen molar-refractivity contribution in [1.82, 2.24) is 20.0 Å². The van der Waals surface area contributed by atoms with Crippen LogP contribution in [0.2, 0.25) is 0 Å². The quantitative estimate of drug-likeness (QED) is 0.461. The largest absolute Gasteiger partial charge is 0.416 e. The number of hydrogen-bond donors (Lipinski definition) is 3. The summed E-state index contributed by atoms with van der Waals surface area (Å²) in [5, 5.41) is 3.59. The van der Waals surface area contributed by atoms with Crippen LogP contribution in [0.15, 0.2) is 48.8 Å². The molecule has 164 valence electrons. The molecule has 0 radical (unpaired) electrons. The van der Waals surface area contributed by atoms with Crippen LogP contribution in [0.4, 0.5) is 13.2 Å². The number of alkyl halides is 3. The lowest BCUT2D eigenvalue weighted by atomic mass is 9.99. The lowest BCUT2D eigenvalue weighted by Gasteiger charge is -2.17. The number of halogens is 3. The third-order valence-electron chi connectivity index (χ3n) is 4.25. The van der Waals surface area contributed by atoms with Gasteiger partial charge in [0.1, 0.15) is 5.69 Å². The Morgan fingerprint density at radius 3 is 2.26 bits per heavy atom. The summed E-state index contributed by atoms with van der Waals surface area (Å²) in [6, 6.07) is 6.09. The molecule has 7 nitrogen and oxygen atoms in total. The van der Waals surface area contributed by atoms with Gasteiger partial charge in [0.05, 0.1) is 23.2 Å². The fraction of sp³-hybridized carbons (Fsp3) is 0.211. The third kappa shape index (κ3) is 6.09. The highest BCUT2D eigenvalue weighted by Crippen LogP contribution is 2.31. The van der Waals surface area contributed by atoms with Crippen LogP contribution >= 0.6 is 11.3 Å². The Balaban J connectivity index is 1.76. The molecule has 1 amide bonds. The van der Waals surface area contributed by atoms with Gasteiger partial charge < -0.3 is 5.32 Å². The van der Waals surface area contributed by atoms with Gasteiger partial charge in [-0.05, 0) is 36.2 Å². The summed E-state index contributed by atoms with van der Waals surface area (Å²) < 4.78 is 63.1. The van der Waals surface area contributed by atoms with Crippen LogP contribution in [0.5, 0.6) is 0 Å². The zero-order valence-electron chi connectivity index (χ0n) is 16.0. The van der Waals surface area contributed by atoms with Crippen molar-refractivity contribution in [3.63, 3.8) is 0 Å². The third-order valence-corrected chi connectivity index (χ3v) is 5.63. The predicted octanol–water partition coefficient (Wildman–Crippen LogP) is 3.00. The summed E-state index contributed by atoms with van der Waals surface area (Å²) >= 11 is 1.45. The van der Waals surface area contributed by atoms with Crippen LogP contribution in [0.1, 0.15) is 43.1 Å². The number of aryl methyl sites for hydroxylation is 1. The highest BCUT2D eigenvalue weighted by Gasteiger charge is 2.30. The van der Waals surface area contributed by atoms with Gasteiger partial charge in [0, 0.05) is 17.3 Å². The molecule has 12 heteroatoms. The number of pyridine rings is 1. The van der Waals surface area contributed by atoms with E-state index in [4.69, 9.17) is 0 Å². The van der Waals surface area contributed by atoms with Crippen molar-refractivity contribution in [1.29, 1.82) is 0 Å². The molecule has 3 aromatic rings. The summed E-state index contributed by atoms with van der Waals surface area (Å²) in [6.07, 6.45) is -1.53. The second-order valence-electron chi connectivity index (χ2n) is 6.44. The zero-order valence-corrected chi connectivity index (χ0v) is 17.7. The van der Waals surface area contributed by atoms with Crippen molar-refractivity contribution < 1.29 is 26.4 Å². The Labute approximate surface area is 181 Å². The van der Waals surface area contributed by atoms with E-state index >= 15 is 0 Å². The lowest BCUT2D eigenvalue weighted by Crippen LogP contribution is -2.24. The monoisotopic (exact) mass is 470 g/mol. The first-order valence-electron chi connectivity index (χ1n) is 8.86. The number of thiazole rings is 1. The molecule has 0 aliphatic carbocycles. The van der Waals surface area contributed by atoms with Crippen LogP contribution in [0.3, 0.4) is 0 Å². The summed E-state index contributed by atoms with van der Waals surface area (Å²) in [5.41, 5.74) is -0.0641. The molecule has 1 aromatic carbocycles. The average molecular weight is 470 g/mol. The van der Waals surface area contributed by atoms with E-state index in [1.54, 1.807) is 6.20 Å². The minimum Gasteiger partial charge on any atom is -0.346 e. The lowest BCUT2D eigenvalue weighted by molar-refractivity contribution is -0.137. The number of nitrogens with one attached hydrogen (secondary N) is 2. The molecular formula is C19H17F3N4O3S2. The average Bonchev–Trinajstić information content (AvgIpc) is 3.15. The molecule has 0 saturated heterocycles. The minimum atomic E-state index is -4.50. The van der Waals surface area contributed by atoms with Crippen molar-refractivity contribution >= 4 is 28.1 Å². The van der Waals surface area contributed by atoms with Crippen molar-refractivity contribution in [2.75, 3.05) is 0 Å². The second kappa shape index (κ2) is 9.54. The smallest absolute Gasteiger partial charge is 0.346 e. The van der Waals surface area contributed by atoms with Crippen LogP contribution in [0.25, 0.3) is 0 Å². The highest BCUT2D eigenvalue weighted by atomic mass is 32.2. The topological polar surface area (TPSA) is 101 Å². The molecule has 0 aliphatic heterocycles. The van der Waals surface area contributed by atoms with Gasteiger partial charge in [-0.25, -0.2) is 18.1 Å². The molecule has 2 N–H and O–H groups in total. The molecular weight excluding hydrogens is 453 g/mol. The number of hydrogen-bond acceptors (Lipinski definition) is 6. The van der Waals surface area contributed by atoms with Gasteiger partial charge >= 0.3 is 6.18 Å². The first kappa shape index (κ1) is 22.8. The van der Waals surface area contributed by atoms with Gasteiger partial charge in [0.15, 0.2) is 0 Å². The summed E-state index contributed by atoms with van der Waals surface area (Å²) in [6.45, 7) is 2.15. The van der Waals surface area contributed by atoms with E-state index in [0.717, 1.165) is 22.0 Å². The number of amides is 1. The Kier molecular flexibility index (Phi) is 7.03. The maximum Gasteiger partial charge on any atom is 0.416 e. The van der Waals surface area contributed by atoms with E-state index in [2.05, 4.69) is 20.0 Å². The molecule has 2 aromatic heterocycles. The van der Waals surface area contributed by atoms with Gasteiger partial charge in [-0.2, -0.15) is 13.2 Å². The number of aromatic nitrogens is 2. The van der Waals surface area contributed by atoms with Gasteiger partial charge in [-0.3, -0.25) is 9.78 Å². The number of benzene rings is 1. The van der Waals surface area contributed by atoms with E-state index in [9.17, 15) is 26.4 Å². The molecule has 2 heterocycles. The van der Waals surface area contributed by atoms with Crippen LogP contribution in [-0.2, 0) is 23.6 Å². The van der Waals surface area contributed by atoms with Crippen molar-refractivity contribution in [2.45, 2.75) is 25.7 Å². The van der Waals surface area contributed by atoms with Gasteiger partial charge in [0.25, 0.3) is 5.91 Å². The molecule has 0 spiro atoms.